The van der Waals surface area contributed by atoms with Gasteiger partial charge in [-0.2, -0.15) is 0 Å². The van der Waals surface area contributed by atoms with Gasteiger partial charge in [0.05, 0.1) is 25.8 Å². The van der Waals surface area contributed by atoms with Crippen LogP contribution in [0.5, 0.6) is 5.75 Å². The summed E-state index contributed by atoms with van der Waals surface area (Å²) in [5.74, 6) is 0.00998. The van der Waals surface area contributed by atoms with Gasteiger partial charge in [0.25, 0.3) is 11.8 Å². The van der Waals surface area contributed by atoms with Crippen LogP contribution < -0.4 is 4.74 Å². The van der Waals surface area contributed by atoms with Crippen molar-refractivity contribution in [2.24, 2.45) is 5.92 Å². The Morgan fingerprint density at radius 3 is 2.67 bits per heavy atom. The molecule has 0 saturated carbocycles. The molecule has 7 nitrogen and oxygen atoms in total. The topological polar surface area (TPSA) is 79.3 Å². The molecule has 2 aliphatic rings. The molecule has 7 heteroatoms. The summed E-state index contributed by atoms with van der Waals surface area (Å²) in [7, 11) is 3.09. The number of rotatable bonds is 7. The van der Waals surface area contributed by atoms with Crippen molar-refractivity contribution >= 4 is 17.4 Å². The van der Waals surface area contributed by atoms with E-state index in [0.717, 1.165) is 12.8 Å². The van der Waals surface area contributed by atoms with E-state index in [1.165, 1.54) is 12.0 Å². The zero-order chi connectivity index (χ0) is 19.4. The highest BCUT2D eigenvalue weighted by atomic mass is 16.5. The van der Waals surface area contributed by atoms with Crippen LogP contribution >= 0.6 is 0 Å². The van der Waals surface area contributed by atoms with Gasteiger partial charge in [-0.05, 0) is 24.8 Å². The van der Waals surface area contributed by atoms with E-state index in [4.69, 9.17) is 9.47 Å². The Bertz CT molecular complexity index is 746. The molecule has 0 spiro atoms. The van der Waals surface area contributed by atoms with Crippen LogP contribution in [0.4, 0.5) is 0 Å². The zero-order valence-electron chi connectivity index (χ0n) is 15.8. The number of para-hydroxylation sites is 1. The predicted molar refractivity (Wildman–Crippen MR) is 99.9 cm³/mol. The Balaban J connectivity index is 2.07. The largest absolute Gasteiger partial charge is 0.496 e. The first-order valence-corrected chi connectivity index (χ1v) is 9.21. The number of aliphatic hydroxyl groups is 1. The number of carbonyl (C=O) groups is 2. The zero-order valence-corrected chi connectivity index (χ0v) is 15.8. The molecule has 0 aromatic heterocycles. The van der Waals surface area contributed by atoms with Crippen LogP contribution in [-0.4, -0.2) is 73.8 Å². The Kier molecular flexibility index (Phi) is 6.13. The normalized spacial score (nSPS) is 20.6. The monoisotopic (exact) mass is 374 g/mol. The Labute approximate surface area is 159 Å². The minimum atomic E-state index is -0.331. The number of hydrogen-bond acceptors (Lipinski definition) is 6. The van der Waals surface area contributed by atoms with Gasteiger partial charge < -0.3 is 19.5 Å². The summed E-state index contributed by atoms with van der Waals surface area (Å²) in [5, 5.41) is 9.56. The van der Waals surface area contributed by atoms with Crippen LogP contribution in [0.15, 0.2) is 30.0 Å². The van der Waals surface area contributed by atoms with E-state index >= 15 is 0 Å². The smallest absolute Gasteiger partial charge is 0.277 e. The molecule has 146 valence electrons. The second-order valence-electron chi connectivity index (χ2n) is 6.82. The lowest BCUT2D eigenvalue weighted by atomic mass is 9.96. The first-order valence-electron chi connectivity index (χ1n) is 9.21. The van der Waals surface area contributed by atoms with Crippen LogP contribution in [0.2, 0.25) is 0 Å². The lowest BCUT2D eigenvalue weighted by Gasteiger charge is -2.34. The number of hydrogen-bond donors (Lipinski definition) is 1. The summed E-state index contributed by atoms with van der Waals surface area (Å²) in [6, 6.07) is 7.23. The van der Waals surface area contributed by atoms with Crippen molar-refractivity contribution in [3.63, 3.8) is 0 Å². The van der Waals surface area contributed by atoms with E-state index < -0.39 is 0 Å². The number of ether oxygens (including phenoxy) is 2. The van der Waals surface area contributed by atoms with Crippen molar-refractivity contribution in [1.82, 2.24) is 9.80 Å². The minimum absolute atomic E-state index is 0.0727. The van der Waals surface area contributed by atoms with E-state index in [0.29, 0.717) is 35.7 Å². The van der Waals surface area contributed by atoms with Crippen LogP contribution in [0.3, 0.4) is 0 Å². The summed E-state index contributed by atoms with van der Waals surface area (Å²) in [6.45, 7) is 1.79. The van der Waals surface area contributed by atoms with Crippen molar-refractivity contribution in [2.75, 3.05) is 47.1 Å². The fourth-order valence-electron chi connectivity index (χ4n) is 3.75. The van der Waals surface area contributed by atoms with Gasteiger partial charge in [0, 0.05) is 32.4 Å². The molecule has 1 saturated heterocycles. The molecule has 1 fully saturated rings. The Morgan fingerprint density at radius 2 is 1.96 bits per heavy atom. The average Bonchev–Trinajstić information content (AvgIpc) is 2.96. The van der Waals surface area contributed by atoms with E-state index in [-0.39, 0.29) is 37.5 Å². The molecule has 0 bridgehead atoms. The standard InChI is InChI=1S/C20H26N2O5/c1-26-11-10-22-19(24)17(15-7-3-4-8-16(15)27-2)18(20(22)25)21-9-5-6-14(12-21)13-23/h3-4,7-8,14,23H,5-6,9-13H2,1-2H3. The van der Waals surface area contributed by atoms with Crippen LogP contribution in [-0.2, 0) is 14.3 Å². The number of aliphatic hydroxyl groups excluding tert-OH is 1. The van der Waals surface area contributed by atoms with Gasteiger partial charge in [-0.1, -0.05) is 18.2 Å². The summed E-state index contributed by atoms with van der Waals surface area (Å²) in [6.07, 6.45) is 1.78. The molecule has 1 unspecified atom stereocenters. The van der Waals surface area contributed by atoms with Gasteiger partial charge in [-0.3, -0.25) is 14.5 Å². The molecule has 1 atom stereocenters. The molecule has 2 amide bonds. The summed E-state index contributed by atoms with van der Waals surface area (Å²) < 4.78 is 10.5. The lowest BCUT2D eigenvalue weighted by molar-refractivity contribution is -0.138. The molecule has 0 radical (unpaired) electrons. The highest BCUT2D eigenvalue weighted by Gasteiger charge is 2.43. The predicted octanol–water partition coefficient (Wildman–Crippen LogP) is 1.13. The number of nitrogens with zero attached hydrogens (tertiary/aromatic N) is 2. The second kappa shape index (κ2) is 8.54. The highest BCUT2D eigenvalue weighted by Crippen LogP contribution is 2.37. The third-order valence-electron chi connectivity index (χ3n) is 5.13. The number of likely N-dealkylation sites (tertiary alicyclic amines) is 1. The maximum absolute atomic E-state index is 13.2. The van der Waals surface area contributed by atoms with Crippen molar-refractivity contribution < 1.29 is 24.2 Å². The second-order valence-corrected chi connectivity index (χ2v) is 6.82. The number of amides is 2. The van der Waals surface area contributed by atoms with Crippen molar-refractivity contribution in [3.05, 3.63) is 35.5 Å². The van der Waals surface area contributed by atoms with Crippen molar-refractivity contribution in [2.45, 2.75) is 12.8 Å². The van der Waals surface area contributed by atoms with Crippen LogP contribution in [0, 0.1) is 5.92 Å². The number of imide groups is 1. The van der Waals surface area contributed by atoms with Gasteiger partial charge in [0.15, 0.2) is 0 Å². The molecular weight excluding hydrogens is 348 g/mol. The van der Waals surface area contributed by atoms with E-state index in [2.05, 4.69) is 0 Å². The molecule has 0 aliphatic carbocycles. The average molecular weight is 374 g/mol. The number of methoxy groups -OCH3 is 2. The quantitative estimate of drug-likeness (QED) is 0.721. The highest BCUT2D eigenvalue weighted by molar-refractivity contribution is 6.36. The Morgan fingerprint density at radius 1 is 1.19 bits per heavy atom. The Hall–Kier alpha value is -2.38. The SMILES string of the molecule is COCCN1C(=O)C(c2ccccc2OC)=C(N2CCCC(CO)C2)C1=O. The molecule has 1 N–H and O–H groups in total. The molecule has 27 heavy (non-hydrogen) atoms. The third-order valence-corrected chi connectivity index (χ3v) is 5.13. The van der Waals surface area contributed by atoms with E-state index in [1.54, 1.807) is 19.2 Å². The third kappa shape index (κ3) is 3.70. The van der Waals surface area contributed by atoms with Crippen molar-refractivity contribution in [1.29, 1.82) is 0 Å². The number of piperidine rings is 1. The molecule has 2 heterocycles. The van der Waals surface area contributed by atoms with Gasteiger partial charge >= 0.3 is 0 Å². The summed E-state index contributed by atoms with van der Waals surface area (Å²) >= 11 is 0. The first-order chi connectivity index (χ1) is 13.1. The van der Waals surface area contributed by atoms with Gasteiger partial charge in [-0.25, -0.2) is 0 Å². The summed E-state index contributed by atoms with van der Waals surface area (Å²) in [5.41, 5.74) is 1.38. The fourth-order valence-corrected chi connectivity index (χ4v) is 3.75. The van der Waals surface area contributed by atoms with Gasteiger partial charge in [0.2, 0.25) is 0 Å². The van der Waals surface area contributed by atoms with E-state index in [1.807, 2.05) is 17.0 Å². The fraction of sp³-hybridized carbons (Fsp3) is 0.500. The summed E-state index contributed by atoms with van der Waals surface area (Å²) in [4.78, 5) is 29.5. The van der Waals surface area contributed by atoms with E-state index in [9.17, 15) is 14.7 Å². The molecular formula is C20H26N2O5. The first kappa shape index (κ1) is 19.4. The minimum Gasteiger partial charge on any atom is -0.496 e. The van der Waals surface area contributed by atoms with Gasteiger partial charge in [-0.15, -0.1) is 0 Å². The van der Waals surface area contributed by atoms with Crippen LogP contribution in [0.1, 0.15) is 18.4 Å². The number of carbonyl (C=O) groups excluding carboxylic acids is 2. The molecule has 3 rings (SSSR count). The molecule has 2 aliphatic heterocycles. The molecule has 1 aromatic rings. The molecule has 1 aromatic carbocycles. The van der Waals surface area contributed by atoms with Gasteiger partial charge in [0.1, 0.15) is 11.4 Å². The number of benzene rings is 1. The maximum atomic E-state index is 13.2. The van der Waals surface area contributed by atoms with Crippen LogP contribution in [0.25, 0.3) is 5.57 Å². The van der Waals surface area contributed by atoms with Crippen molar-refractivity contribution in [3.8, 4) is 5.75 Å². The maximum Gasteiger partial charge on any atom is 0.277 e. The lowest BCUT2D eigenvalue weighted by Crippen LogP contribution is -2.41.